The van der Waals surface area contributed by atoms with Crippen molar-refractivity contribution in [3.63, 3.8) is 0 Å². The summed E-state index contributed by atoms with van der Waals surface area (Å²) >= 11 is 0. The van der Waals surface area contributed by atoms with Crippen molar-refractivity contribution >= 4 is 0 Å². The van der Waals surface area contributed by atoms with Gasteiger partial charge in [0.15, 0.2) is 0 Å². The maximum absolute atomic E-state index is 3.87. The highest BCUT2D eigenvalue weighted by Crippen LogP contribution is 2.24. The Hall–Kier alpha value is -0.0400. The summed E-state index contributed by atoms with van der Waals surface area (Å²) in [4.78, 5) is 0. The van der Waals surface area contributed by atoms with Crippen molar-refractivity contribution in [3.8, 4) is 0 Å². The second-order valence-corrected chi connectivity index (χ2v) is 5.38. The van der Waals surface area contributed by atoms with Crippen LogP contribution in [0.3, 0.4) is 0 Å². The summed E-state index contributed by atoms with van der Waals surface area (Å²) < 4.78 is 0. The molecule has 1 fully saturated rings. The highest BCUT2D eigenvalue weighted by Gasteiger charge is 2.20. The van der Waals surface area contributed by atoms with Crippen LogP contribution in [0, 0.1) is 5.92 Å². The highest BCUT2D eigenvalue weighted by atomic mass is 14.9. The van der Waals surface area contributed by atoms with E-state index in [-0.39, 0.29) is 0 Å². The summed E-state index contributed by atoms with van der Waals surface area (Å²) in [5.74, 6) is 0.944. The van der Waals surface area contributed by atoms with Gasteiger partial charge in [0, 0.05) is 12.1 Å². The van der Waals surface area contributed by atoms with E-state index in [0.717, 1.165) is 18.0 Å². The minimum Gasteiger partial charge on any atom is -0.311 e. The maximum Gasteiger partial charge on any atom is 0.00721 e. The van der Waals surface area contributed by atoms with Crippen molar-refractivity contribution in [2.45, 2.75) is 84.2 Å². The molecule has 1 saturated carbocycles. The number of hydrogen-bond acceptors (Lipinski definition) is 1. The molecular formula is C14H29N. The van der Waals surface area contributed by atoms with Crippen molar-refractivity contribution in [2.24, 2.45) is 5.92 Å². The van der Waals surface area contributed by atoms with Crippen molar-refractivity contribution < 1.29 is 0 Å². The molecule has 0 aromatic carbocycles. The number of rotatable bonds is 6. The molecule has 0 saturated heterocycles. The summed E-state index contributed by atoms with van der Waals surface area (Å²) in [5, 5.41) is 3.87. The number of nitrogens with one attached hydrogen (secondary N) is 1. The van der Waals surface area contributed by atoms with E-state index in [1.165, 1.54) is 51.4 Å². The molecule has 3 unspecified atom stereocenters. The Balaban J connectivity index is 2.24. The zero-order valence-electron chi connectivity index (χ0n) is 10.9. The average molecular weight is 211 g/mol. The molecule has 0 aromatic rings. The van der Waals surface area contributed by atoms with E-state index in [9.17, 15) is 0 Å². The van der Waals surface area contributed by atoms with Crippen LogP contribution in [0.4, 0.5) is 0 Å². The van der Waals surface area contributed by atoms with Gasteiger partial charge in [0.2, 0.25) is 0 Å². The zero-order valence-corrected chi connectivity index (χ0v) is 10.9. The molecule has 1 aliphatic rings. The SMILES string of the molecule is CCCCC(CC)NC1CCCC(C)C1. The monoisotopic (exact) mass is 211 g/mol. The molecule has 0 bridgehead atoms. The lowest BCUT2D eigenvalue weighted by Crippen LogP contribution is -2.40. The molecule has 0 aliphatic heterocycles. The van der Waals surface area contributed by atoms with Crippen LogP contribution in [0.5, 0.6) is 0 Å². The number of hydrogen-bond donors (Lipinski definition) is 1. The lowest BCUT2D eigenvalue weighted by molar-refractivity contribution is 0.270. The molecule has 0 radical (unpaired) electrons. The second kappa shape index (κ2) is 7.27. The minimum atomic E-state index is 0.778. The van der Waals surface area contributed by atoms with Gasteiger partial charge in [-0.15, -0.1) is 0 Å². The summed E-state index contributed by atoms with van der Waals surface area (Å²) in [6.45, 7) is 7.01. The molecule has 1 aliphatic carbocycles. The summed E-state index contributed by atoms with van der Waals surface area (Å²) in [6.07, 6.45) is 11.1. The van der Waals surface area contributed by atoms with Gasteiger partial charge in [-0.05, 0) is 31.6 Å². The van der Waals surface area contributed by atoms with E-state index in [0.29, 0.717) is 0 Å². The second-order valence-electron chi connectivity index (χ2n) is 5.38. The fraction of sp³-hybridized carbons (Fsp3) is 1.00. The van der Waals surface area contributed by atoms with Gasteiger partial charge in [-0.1, -0.05) is 46.5 Å². The predicted molar refractivity (Wildman–Crippen MR) is 68.2 cm³/mol. The van der Waals surface area contributed by atoms with Crippen LogP contribution < -0.4 is 5.32 Å². The summed E-state index contributed by atoms with van der Waals surface area (Å²) in [6, 6.07) is 1.59. The molecule has 0 spiro atoms. The van der Waals surface area contributed by atoms with Crippen LogP contribution in [0.25, 0.3) is 0 Å². The summed E-state index contributed by atoms with van der Waals surface area (Å²) in [7, 11) is 0. The molecule has 0 aromatic heterocycles. The molecule has 1 rings (SSSR count). The normalized spacial score (nSPS) is 29.0. The Bertz CT molecular complexity index is 155. The standard InChI is InChI=1S/C14H29N/c1-4-6-9-13(5-2)15-14-10-7-8-12(3)11-14/h12-15H,4-11H2,1-3H3. The average Bonchev–Trinajstić information content (AvgIpc) is 2.24. The van der Waals surface area contributed by atoms with E-state index in [4.69, 9.17) is 0 Å². The molecule has 90 valence electrons. The predicted octanol–water partition coefficient (Wildman–Crippen LogP) is 4.12. The van der Waals surface area contributed by atoms with Crippen molar-refractivity contribution in [1.82, 2.24) is 5.32 Å². The van der Waals surface area contributed by atoms with E-state index >= 15 is 0 Å². The molecular weight excluding hydrogens is 182 g/mol. The van der Waals surface area contributed by atoms with Gasteiger partial charge in [-0.2, -0.15) is 0 Å². The Kier molecular flexibility index (Phi) is 6.31. The molecule has 1 nitrogen and oxygen atoms in total. The van der Waals surface area contributed by atoms with Crippen LogP contribution in [0.15, 0.2) is 0 Å². The van der Waals surface area contributed by atoms with Gasteiger partial charge in [-0.3, -0.25) is 0 Å². The molecule has 0 amide bonds. The van der Waals surface area contributed by atoms with E-state index in [1.807, 2.05) is 0 Å². The lowest BCUT2D eigenvalue weighted by Gasteiger charge is -2.31. The first kappa shape index (κ1) is 13.0. The number of unbranched alkanes of at least 4 members (excludes halogenated alkanes) is 1. The van der Waals surface area contributed by atoms with Crippen LogP contribution in [0.1, 0.15) is 72.1 Å². The Morgan fingerprint density at radius 2 is 2.07 bits per heavy atom. The first-order valence-electron chi connectivity index (χ1n) is 7.02. The van der Waals surface area contributed by atoms with Crippen LogP contribution in [-0.4, -0.2) is 12.1 Å². The van der Waals surface area contributed by atoms with Gasteiger partial charge in [0.05, 0.1) is 0 Å². The van der Waals surface area contributed by atoms with Crippen molar-refractivity contribution in [2.75, 3.05) is 0 Å². The molecule has 15 heavy (non-hydrogen) atoms. The third-order valence-corrected chi connectivity index (χ3v) is 3.81. The van der Waals surface area contributed by atoms with Crippen molar-refractivity contribution in [3.05, 3.63) is 0 Å². The molecule has 1 N–H and O–H groups in total. The van der Waals surface area contributed by atoms with Crippen LogP contribution in [0.2, 0.25) is 0 Å². The minimum absolute atomic E-state index is 0.778. The third-order valence-electron chi connectivity index (χ3n) is 3.81. The van der Waals surface area contributed by atoms with E-state index in [2.05, 4.69) is 26.1 Å². The fourth-order valence-electron chi connectivity index (χ4n) is 2.77. The maximum atomic E-state index is 3.87. The molecule has 1 heteroatoms. The lowest BCUT2D eigenvalue weighted by atomic mass is 9.86. The first-order chi connectivity index (χ1) is 7.26. The van der Waals surface area contributed by atoms with E-state index < -0.39 is 0 Å². The Morgan fingerprint density at radius 3 is 2.67 bits per heavy atom. The molecule has 0 heterocycles. The quantitative estimate of drug-likeness (QED) is 0.697. The van der Waals surface area contributed by atoms with Crippen LogP contribution in [-0.2, 0) is 0 Å². The Morgan fingerprint density at radius 1 is 1.27 bits per heavy atom. The first-order valence-corrected chi connectivity index (χ1v) is 7.02. The third kappa shape index (κ3) is 5.01. The molecule has 3 atom stereocenters. The van der Waals surface area contributed by atoms with Gasteiger partial charge < -0.3 is 5.32 Å². The topological polar surface area (TPSA) is 12.0 Å². The van der Waals surface area contributed by atoms with E-state index in [1.54, 1.807) is 0 Å². The van der Waals surface area contributed by atoms with Crippen molar-refractivity contribution in [1.29, 1.82) is 0 Å². The smallest absolute Gasteiger partial charge is 0.00721 e. The van der Waals surface area contributed by atoms with Gasteiger partial charge in [-0.25, -0.2) is 0 Å². The van der Waals surface area contributed by atoms with Gasteiger partial charge in [0.25, 0.3) is 0 Å². The largest absolute Gasteiger partial charge is 0.311 e. The van der Waals surface area contributed by atoms with Gasteiger partial charge in [0.1, 0.15) is 0 Å². The Labute approximate surface area is 96.0 Å². The zero-order chi connectivity index (χ0) is 11.1. The van der Waals surface area contributed by atoms with Crippen LogP contribution >= 0.6 is 0 Å². The summed E-state index contributed by atoms with van der Waals surface area (Å²) in [5.41, 5.74) is 0. The fourth-order valence-corrected chi connectivity index (χ4v) is 2.77. The van der Waals surface area contributed by atoms with Gasteiger partial charge >= 0.3 is 0 Å². The highest BCUT2D eigenvalue weighted by molar-refractivity contribution is 4.79.